The first-order valence-corrected chi connectivity index (χ1v) is 9.75. The van der Waals surface area contributed by atoms with E-state index < -0.39 is 10.0 Å². The topological polar surface area (TPSA) is 69.7 Å². The number of anilines is 1. The molecule has 6 nitrogen and oxygen atoms in total. The maximum atomic E-state index is 12.3. The van der Waals surface area contributed by atoms with Crippen LogP contribution in [0.2, 0.25) is 0 Å². The van der Waals surface area contributed by atoms with Crippen LogP contribution in [0.4, 0.5) is 10.5 Å². The number of nitrogens with one attached hydrogen (secondary N) is 1. The van der Waals surface area contributed by atoms with Gasteiger partial charge in [-0.15, -0.1) is 0 Å². The number of hydrogen-bond donors (Lipinski definition) is 1. The molecule has 0 spiro atoms. The third-order valence-corrected chi connectivity index (χ3v) is 5.42. The first kappa shape index (κ1) is 17.7. The zero-order valence-electron chi connectivity index (χ0n) is 13.9. The molecule has 7 heteroatoms. The highest BCUT2D eigenvalue weighted by Gasteiger charge is 2.24. The molecule has 1 N–H and O–H groups in total. The highest BCUT2D eigenvalue weighted by atomic mass is 32.2. The lowest BCUT2D eigenvalue weighted by atomic mass is 10.2. The number of carbonyl (C=O) groups is 1. The van der Waals surface area contributed by atoms with Gasteiger partial charge < -0.3 is 5.32 Å². The number of para-hydroxylation sites is 1. The lowest BCUT2D eigenvalue weighted by Crippen LogP contribution is -2.41. The van der Waals surface area contributed by atoms with Gasteiger partial charge in [-0.1, -0.05) is 18.2 Å². The van der Waals surface area contributed by atoms with E-state index in [1.807, 2.05) is 38.1 Å². The molecule has 2 rings (SSSR count). The Balaban J connectivity index is 1.82. The molecule has 128 valence electrons. The highest BCUT2D eigenvalue weighted by molar-refractivity contribution is 7.88. The zero-order valence-corrected chi connectivity index (χ0v) is 14.8. The molecular weight excluding hydrogens is 314 g/mol. The van der Waals surface area contributed by atoms with Gasteiger partial charge in [-0.2, -0.15) is 4.31 Å². The van der Waals surface area contributed by atoms with Crippen LogP contribution in [-0.4, -0.2) is 50.7 Å². The molecule has 0 unspecified atom stereocenters. The average molecular weight is 339 g/mol. The van der Waals surface area contributed by atoms with Crippen LogP contribution in [0, 0.1) is 0 Å². The number of urea groups is 1. The van der Waals surface area contributed by atoms with Crippen LogP contribution in [0.5, 0.6) is 0 Å². The molecule has 2 amide bonds. The number of benzene rings is 1. The van der Waals surface area contributed by atoms with Crippen molar-refractivity contribution < 1.29 is 13.2 Å². The smallest absolute Gasteiger partial charge is 0.321 e. The number of amides is 2. The van der Waals surface area contributed by atoms with Crippen molar-refractivity contribution in [2.75, 3.05) is 30.8 Å². The van der Waals surface area contributed by atoms with Gasteiger partial charge in [-0.3, -0.25) is 4.90 Å². The summed E-state index contributed by atoms with van der Waals surface area (Å²) >= 11 is 0. The Morgan fingerprint density at radius 1 is 1.35 bits per heavy atom. The van der Waals surface area contributed by atoms with E-state index in [0.717, 1.165) is 12.1 Å². The summed E-state index contributed by atoms with van der Waals surface area (Å²) in [7, 11) is -3.21. The molecule has 0 bridgehead atoms. The third kappa shape index (κ3) is 4.45. The molecule has 0 radical (unpaired) electrons. The number of hydrogen-bond acceptors (Lipinski definition) is 3. The Hall–Kier alpha value is -1.60. The van der Waals surface area contributed by atoms with Crippen LogP contribution in [0.1, 0.15) is 25.8 Å². The standard InChI is InChI=1S/C16H25N3O3S/c1-13(2)19(23(3,21)22)11-6-10-17-16(20)18-12-9-14-7-4-5-8-15(14)18/h4-5,7-8,13H,6,9-12H2,1-3H3,(H,17,20). The second-order valence-electron chi connectivity index (χ2n) is 6.08. The molecule has 0 atom stereocenters. The molecule has 0 aliphatic carbocycles. The van der Waals surface area contributed by atoms with Crippen molar-refractivity contribution in [3.8, 4) is 0 Å². The largest absolute Gasteiger partial charge is 0.338 e. The molecule has 1 aromatic carbocycles. The summed E-state index contributed by atoms with van der Waals surface area (Å²) in [5.41, 5.74) is 2.15. The Morgan fingerprint density at radius 3 is 2.70 bits per heavy atom. The summed E-state index contributed by atoms with van der Waals surface area (Å²) in [6.45, 7) is 5.25. The molecule has 1 aliphatic heterocycles. The van der Waals surface area contributed by atoms with Crippen molar-refractivity contribution >= 4 is 21.7 Å². The van der Waals surface area contributed by atoms with E-state index in [2.05, 4.69) is 5.32 Å². The van der Waals surface area contributed by atoms with Gasteiger partial charge in [-0.25, -0.2) is 13.2 Å². The van der Waals surface area contributed by atoms with Crippen molar-refractivity contribution in [1.29, 1.82) is 0 Å². The highest BCUT2D eigenvalue weighted by Crippen LogP contribution is 2.27. The fraction of sp³-hybridized carbons (Fsp3) is 0.562. The van der Waals surface area contributed by atoms with E-state index >= 15 is 0 Å². The van der Waals surface area contributed by atoms with Gasteiger partial charge in [0.2, 0.25) is 10.0 Å². The van der Waals surface area contributed by atoms with Crippen molar-refractivity contribution in [1.82, 2.24) is 9.62 Å². The maximum Gasteiger partial charge on any atom is 0.321 e. The molecule has 1 heterocycles. The molecule has 0 fully saturated rings. The van der Waals surface area contributed by atoms with E-state index in [1.165, 1.54) is 16.1 Å². The predicted octanol–water partition coefficient (Wildman–Crippen LogP) is 1.82. The lowest BCUT2D eigenvalue weighted by Gasteiger charge is -2.24. The van der Waals surface area contributed by atoms with Crippen LogP contribution in [0.3, 0.4) is 0 Å². The first-order valence-electron chi connectivity index (χ1n) is 7.91. The normalized spacial score (nSPS) is 14.4. The minimum Gasteiger partial charge on any atom is -0.338 e. The summed E-state index contributed by atoms with van der Waals surface area (Å²) in [6, 6.07) is 7.70. The number of fused-ring (bicyclic) bond motifs is 1. The van der Waals surface area contributed by atoms with Crippen LogP contribution in [0.25, 0.3) is 0 Å². The minimum atomic E-state index is -3.21. The van der Waals surface area contributed by atoms with Crippen LogP contribution in [-0.2, 0) is 16.4 Å². The summed E-state index contributed by atoms with van der Waals surface area (Å²) in [5.74, 6) is 0. The van der Waals surface area contributed by atoms with Crippen LogP contribution >= 0.6 is 0 Å². The molecule has 1 aliphatic rings. The summed E-state index contributed by atoms with van der Waals surface area (Å²) in [4.78, 5) is 14.0. The molecule has 0 aromatic heterocycles. The lowest BCUT2D eigenvalue weighted by molar-refractivity contribution is 0.246. The van der Waals surface area contributed by atoms with E-state index in [-0.39, 0.29) is 12.1 Å². The predicted molar refractivity (Wildman–Crippen MR) is 92.2 cm³/mol. The average Bonchev–Trinajstić information content (AvgIpc) is 2.89. The molecule has 0 saturated carbocycles. The number of nitrogens with zero attached hydrogens (tertiary/aromatic N) is 2. The van der Waals surface area contributed by atoms with Gasteiger partial charge in [-0.05, 0) is 38.3 Å². The fourth-order valence-electron chi connectivity index (χ4n) is 2.88. The number of carbonyl (C=O) groups excluding carboxylic acids is 1. The van der Waals surface area contributed by atoms with Gasteiger partial charge >= 0.3 is 6.03 Å². The van der Waals surface area contributed by atoms with E-state index in [1.54, 1.807) is 4.90 Å². The van der Waals surface area contributed by atoms with Gasteiger partial charge in [0.1, 0.15) is 0 Å². The van der Waals surface area contributed by atoms with Gasteiger partial charge in [0.25, 0.3) is 0 Å². The van der Waals surface area contributed by atoms with Gasteiger partial charge in [0.15, 0.2) is 0 Å². The van der Waals surface area contributed by atoms with Crippen molar-refractivity contribution in [2.45, 2.75) is 32.7 Å². The van der Waals surface area contributed by atoms with Gasteiger partial charge in [0.05, 0.1) is 6.26 Å². The van der Waals surface area contributed by atoms with Crippen LogP contribution < -0.4 is 10.2 Å². The Labute approximate surface area is 138 Å². The van der Waals surface area contributed by atoms with E-state index in [0.29, 0.717) is 26.1 Å². The van der Waals surface area contributed by atoms with Crippen molar-refractivity contribution in [2.24, 2.45) is 0 Å². The summed E-state index contributed by atoms with van der Waals surface area (Å²) in [6.07, 6.45) is 2.68. The SMILES string of the molecule is CC(C)N(CCCNC(=O)N1CCc2ccccc21)S(C)(=O)=O. The molecule has 0 saturated heterocycles. The monoisotopic (exact) mass is 339 g/mol. The second kappa shape index (κ2) is 7.31. The molecule has 1 aromatic rings. The number of sulfonamides is 1. The summed E-state index contributed by atoms with van der Waals surface area (Å²) < 4.78 is 24.8. The molecule has 23 heavy (non-hydrogen) atoms. The fourth-order valence-corrected chi connectivity index (χ4v) is 4.11. The molecular formula is C16H25N3O3S. The minimum absolute atomic E-state index is 0.0776. The Morgan fingerprint density at radius 2 is 2.04 bits per heavy atom. The van der Waals surface area contributed by atoms with E-state index in [9.17, 15) is 13.2 Å². The number of rotatable bonds is 6. The van der Waals surface area contributed by atoms with Crippen molar-refractivity contribution in [3.05, 3.63) is 29.8 Å². The van der Waals surface area contributed by atoms with E-state index in [4.69, 9.17) is 0 Å². The second-order valence-corrected chi connectivity index (χ2v) is 8.02. The zero-order chi connectivity index (χ0) is 17.0. The van der Waals surface area contributed by atoms with Gasteiger partial charge in [0, 0.05) is 31.4 Å². The maximum absolute atomic E-state index is 12.3. The van der Waals surface area contributed by atoms with Crippen molar-refractivity contribution in [3.63, 3.8) is 0 Å². The summed E-state index contributed by atoms with van der Waals surface area (Å²) in [5, 5.41) is 2.88. The quantitative estimate of drug-likeness (QED) is 0.804. The first-order chi connectivity index (χ1) is 10.8. The Bertz CT molecular complexity index is 658. The third-order valence-electron chi connectivity index (χ3n) is 3.97. The Kier molecular flexibility index (Phi) is 5.64. The van der Waals surface area contributed by atoms with Crippen LogP contribution in [0.15, 0.2) is 24.3 Å².